The maximum Gasteiger partial charge on any atom is 0.124 e. The monoisotopic (exact) mass is 378 g/mol. The number of nitrogens with zero attached hydrogens (tertiary/aromatic N) is 2. The largest absolute Gasteiger partial charge is 0.383 e. The molecule has 1 atom stereocenters. The van der Waals surface area contributed by atoms with Crippen molar-refractivity contribution in [3.63, 3.8) is 0 Å². The normalized spacial score (nSPS) is 12.7. The molecule has 0 aliphatic heterocycles. The summed E-state index contributed by atoms with van der Waals surface area (Å²) in [5.41, 5.74) is 1.07. The van der Waals surface area contributed by atoms with Crippen molar-refractivity contribution in [1.82, 2.24) is 9.78 Å². The van der Waals surface area contributed by atoms with Gasteiger partial charge in [0.1, 0.15) is 6.10 Å². The lowest BCUT2D eigenvalue weighted by atomic mass is 10.1. The van der Waals surface area contributed by atoms with E-state index in [4.69, 9.17) is 27.9 Å². The Labute approximate surface area is 135 Å². The van der Waals surface area contributed by atoms with Gasteiger partial charge in [-0.3, -0.25) is 4.68 Å². The first-order valence-corrected chi connectivity index (χ1v) is 7.43. The van der Waals surface area contributed by atoms with Crippen LogP contribution in [0.5, 0.6) is 0 Å². The van der Waals surface area contributed by atoms with E-state index < -0.39 is 6.10 Å². The lowest BCUT2D eigenvalue weighted by Crippen LogP contribution is -2.14. The van der Waals surface area contributed by atoms with E-state index in [0.29, 0.717) is 34.5 Å². The molecule has 0 radical (unpaired) electrons. The number of halogens is 3. The summed E-state index contributed by atoms with van der Waals surface area (Å²) in [5, 5.41) is 15.5. The Morgan fingerprint density at radius 3 is 2.90 bits per heavy atom. The topological polar surface area (TPSA) is 47.3 Å². The summed E-state index contributed by atoms with van der Waals surface area (Å²) in [4.78, 5) is 0. The van der Waals surface area contributed by atoms with E-state index in [1.807, 2.05) is 6.07 Å². The molecule has 0 saturated carbocycles. The number of ether oxygens (including phenoxy) is 1. The molecule has 1 aromatic heterocycles. The molecule has 7 heteroatoms. The Bertz CT molecular complexity index is 604. The van der Waals surface area contributed by atoms with E-state index in [0.717, 1.165) is 4.47 Å². The van der Waals surface area contributed by atoms with E-state index in [9.17, 15) is 5.11 Å². The molecule has 2 rings (SSSR count). The summed E-state index contributed by atoms with van der Waals surface area (Å²) < 4.78 is 7.36. The lowest BCUT2D eigenvalue weighted by molar-refractivity contribution is 0.171. The second-order valence-corrected chi connectivity index (χ2v) is 5.78. The predicted molar refractivity (Wildman–Crippen MR) is 82.3 cm³/mol. The van der Waals surface area contributed by atoms with Gasteiger partial charge in [-0.25, -0.2) is 0 Å². The number of methoxy groups -OCH3 is 1. The van der Waals surface area contributed by atoms with Crippen LogP contribution >= 0.6 is 39.1 Å². The first-order valence-electron chi connectivity index (χ1n) is 5.88. The van der Waals surface area contributed by atoms with Crippen molar-refractivity contribution in [2.75, 3.05) is 13.7 Å². The molecule has 1 N–H and O–H groups in total. The van der Waals surface area contributed by atoms with Gasteiger partial charge in [0.2, 0.25) is 0 Å². The molecule has 1 unspecified atom stereocenters. The average molecular weight is 380 g/mol. The van der Waals surface area contributed by atoms with Crippen molar-refractivity contribution >= 4 is 39.1 Å². The molecule has 1 aromatic carbocycles. The molecule has 20 heavy (non-hydrogen) atoms. The summed E-state index contributed by atoms with van der Waals surface area (Å²) in [7, 11) is 1.60. The van der Waals surface area contributed by atoms with E-state index in [-0.39, 0.29) is 0 Å². The van der Waals surface area contributed by atoms with Crippen molar-refractivity contribution in [3.05, 3.63) is 50.2 Å². The molecular formula is C13H13BrCl2N2O2. The molecule has 1 heterocycles. The van der Waals surface area contributed by atoms with E-state index in [1.165, 1.54) is 6.20 Å². The van der Waals surface area contributed by atoms with E-state index in [2.05, 4.69) is 21.0 Å². The second kappa shape index (κ2) is 6.91. The smallest absolute Gasteiger partial charge is 0.124 e. The van der Waals surface area contributed by atoms with Gasteiger partial charge in [-0.05, 0) is 22.0 Å². The molecule has 0 spiro atoms. The zero-order valence-corrected chi connectivity index (χ0v) is 13.8. The Kier molecular flexibility index (Phi) is 5.46. The fourth-order valence-electron chi connectivity index (χ4n) is 1.88. The van der Waals surface area contributed by atoms with Crippen molar-refractivity contribution in [2.45, 2.75) is 12.6 Å². The van der Waals surface area contributed by atoms with Crippen LogP contribution < -0.4 is 0 Å². The van der Waals surface area contributed by atoms with Crippen LogP contribution in [0, 0.1) is 0 Å². The van der Waals surface area contributed by atoms with Gasteiger partial charge in [-0.15, -0.1) is 0 Å². The second-order valence-electron chi connectivity index (χ2n) is 4.14. The standard InChI is InChI=1S/C13H13BrCl2N2O2/c1-20-6-5-18-12(10(15)7-17-18)13(19)8-3-2-4-9(14)11(8)16/h2-4,7,13,19H,5-6H2,1H3. The Balaban J connectivity index is 2.40. The maximum absolute atomic E-state index is 10.6. The van der Waals surface area contributed by atoms with Crippen LogP contribution in [-0.4, -0.2) is 28.6 Å². The number of aliphatic hydroxyl groups is 1. The van der Waals surface area contributed by atoms with E-state index >= 15 is 0 Å². The van der Waals surface area contributed by atoms with Crippen molar-refractivity contribution in [1.29, 1.82) is 0 Å². The van der Waals surface area contributed by atoms with Crippen LogP contribution in [0.1, 0.15) is 17.4 Å². The third-order valence-corrected chi connectivity index (χ3v) is 4.48. The highest BCUT2D eigenvalue weighted by molar-refractivity contribution is 9.10. The van der Waals surface area contributed by atoms with Crippen LogP contribution in [0.4, 0.5) is 0 Å². The van der Waals surface area contributed by atoms with Gasteiger partial charge in [0.25, 0.3) is 0 Å². The molecular weight excluding hydrogens is 367 g/mol. The Morgan fingerprint density at radius 1 is 1.45 bits per heavy atom. The number of benzene rings is 1. The molecule has 2 aromatic rings. The summed E-state index contributed by atoms with van der Waals surface area (Å²) in [6.45, 7) is 0.977. The highest BCUT2D eigenvalue weighted by Gasteiger charge is 2.22. The SMILES string of the molecule is COCCn1ncc(Cl)c1C(O)c1cccc(Br)c1Cl. The minimum absolute atomic E-state index is 0.393. The highest BCUT2D eigenvalue weighted by atomic mass is 79.9. The van der Waals surface area contributed by atoms with Gasteiger partial charge in [0.15, 0.2) is 0 Å². The molecule has 0 saturated heterocycles. The fourth-order valence-corrected chi connectivity index (χ4v) is 2.73. The number of aromatic nitrogens is 2. The zero-order chi connectivity index (χ0) is 14.7. The highest BCUT2D eigenvalue weighted by Crippen LogP contribution is 2.35. The first kappa shape index (κ1) is 15.8. The quantitative estimate of drug-likeness (QED) is 0.861. The number of aliphatic hydroxyl groups excluding tert-OH is 1. The summed E-state index contributed by atoms with van der Waals surface area (Å²) in [6.07, 6.45) is 0.550. The molecule has 4 nitrogen and oxygen atoms in total. The molecule has 0 fully saturated rings. The Hall–Kier alpha value is -0.590. The zero-order valence-electron chi connectivity index (χ0n) is 10.7. The fraction of sp³-hybridized carbons (Fsp3) is 0.308. The van der Waals surface area contributed by atoms with Gasteiger partial charge in [-0.2, -0.15) is 5.10 Å². The average Bonchev–Trinajstić information content (AvgIpc) is 2.80. The first-order chi connectivity index (χ1) is 9.56. The summed E-state index contributed by atoms with van der Waals surface area (Å²) in [6, 6.07) is 5.36. The van der Waals surface area contributed by atoms with Gasteiger partial charge in [0.05, 0.1) is 35.1 Å². The van der Waals surface area contributed by atoms with Crippen LogP contribution in [0.25, 0.3) is 0 Å². The van der Waals surface area contributed by atoms with Crippen LogP contribution in [0.2, 0.25) is 10.0 Å². The number of rotatable bonds is 5. The minimum Gasteiger partial charge on any atom is -0.383 e. The Morgan fingerprint density at radius 2 is 2.20 bits per heavy atom. The maximum atomic E-state index is 10.6. The van der Waals surface area contributed by atoms with Crippen molar-refractivity contribution in [2.24, 2.45) is 0 Å². The van der Waals surface area contributed by atoms with Gasteiger partial charge in [0, 0.05) is 17.1 Å². The number of hydrogen-bond acceptors (Lipinski definition) is 3. The predicted octanol–water partition coefficient (Wildman–Crippen LogP) is 3.68. The van der Waals surface area contributed by atoms with Gasteiger partial charge >= 0.3 is 0 Å². The van der Waals surface area contributed by atoms with Gasteiger partial charge < -0.3 is 9.84 Å². The van der Waals surface area contributed by atoms with Crippen molar-refractivity contribution < 1.29 is 9.84 Å². The summed E-state index contributed by atoms with van der Waals surface area (Å²) in [5.74, 6) is 0. The third-order valence-electron chi connectivity index (χ3n) is 2.88. The number of hydrogen-bond donors (Lipinski definition) is 1. The van der Waals surface area contributed by atoms with E-state index in [1.54, 1.807) is 23.9 Å². The van der Waals surface area contributed by atoms with Crippen LogP contribution in [0.15, 0.2) is 28.9 Å². The molecule has 0 bridgehead atoms. The molecule has 108 valence electrons. The molecule has 0 aliphatic rings. The minimum atomic E-state index is -0.952. The third kappa shape index (κ3) is 3.18. The van der Waals surface area contributed by atoms with Crippen molar-refractivity contribution in [3.8, 4) is 0 Å². The van der Waals surface area contributed by atoms with Crippen LogP contribution in [-0.2, 0) is 11.3 Å². The van der Waals surface area contributed by atoms with Crippen LogP contribution in [0.3, 0.4) is 0 Å². The lowest BCUT2D eigenvalue weighted by Gasteiger charge is -2.16. The molecule has 0 aliphatic carbocycles. The summed E-state index contributed by atoms with van der Waals surface area (Å²) >= 11 is 15.7. The molecule has 0 amide bonds. The van der Waals surface area contributed by atoms with Gasteiger partial charge in [-0.1, -0.05) is 35.3 Å².